The van der Waals surface area contributed by atoms with Crippen molar-refractivity contribution in [2.75, 3.05) is 51.4 Å². The van der Waals surface area contributed by atoms with E-state index in [4.69, 9.17) is 18.9 Å². The van der Waals surface area contributed by atoms with Crippen LogP contribution >= 0.6 is 0 Å². The number of nitrogens with zero attached hydrogens (tertiary/aromatic N) is 5. The average molecular weight is 494 g/mol. The summed E-state index contributed by atoms with van der Waals surface area (Å²) in [6, 6.07) is 8.65. The van der Waals surface area contributed by atoms with Gasteiger partial charge in [0.05, 0.1) is 30.9 Å². The number of hydrogen-bond acceptors (Lipinski definition) is 9. The van der Waals surface area contributed by atoms with Crippen molar-refractivity contribution in [1.82, 2.24) is 19.4 Å². The summed E-state index contributed by atoms with van der Waals surface area (Å²) in [5.74, 6) is 2.10. The molecule has 11 heteroatoms. The zero-order valence-corrected chi connectivity index (χ0v) is 20.0. The van der Waals surface area contributed by atoms with E-state index in [9.17, 15) is 9.59 Å². The lowest BCUT2D eigenvalue weighted by atomic mass is 9.91. The van der Waals surface area contributed by atoms with Gasteiger partial charge in [-0.05, 0) is 18.2 Å². The van der Waals surface area contributed by atoms with Gasteiger partial charge in [-0.1, -0.05) is 0 Å². The lowest BCUT2D eigenvalue weighted by Crippen LogP contribution is -2.47. The molecule has 3 aliphatic heterocycles. The summed E-state index contributed by atoms with van der Waals surface area (Å²) in [5, 5.41) is 0. The lowest BCUT2D eigenvalue weighted by molar-refractivity contribution is 0.000337. The van der Waals surface area contributed by atoms with E-state index in [2.05, 4.69) is 14.9 Å². The van der Waals surface area contributed by atoms with Crippen LogP contribution in [0, 0.1) is 0 Å². The van der Waals surface area contributed by atoms with Crippen molar-refractivity contribution < 1.29 is 23.7 Å². The minimum absolute atomic E-state index is 0.0710. The molecule has 1 spiro atoms. The Hall–Kier alpha value is -3.86. The first-order chi connectivity index (χ1) is 17.5. The molecular formula is C25H27N5O6. The summed E-state index contributed by atoms with van der Waals surface area (Å²) < 4.78 is 24.0. The van der Waals surface area contributed by atoms with E-state index < -0.39 is 11.7 Å². The molecule has 0 N–H and O–H groups in total. The summed E-state index contributed by atoms with van der Waals surface area (Å²) in [5.41, 5.74) is 0.885. The monoisotopic (exact) mass is 493 g/mol. The van der Waals surface area contributed by atoms with E-state index >= 15 is 0 Å². The molecule has 0 saturated carbocycles. The predicted molar refractivity (Wildman–Crippen MR) is 130 cm³/mol. The second-order valence-corrected chi connectivity index (χ2v) is 9.25. The van der Waals surface area contributed by atoms with Gasteiger partial charge in [0, 0.05) is 51.2 Å². The van der Waals surface area contributed by atoms with Gasteiger partial charge in [0.25, 0.3) is 11.4 Å². The molecular weight excluding hydrogens is 466 g/mol. The second kappa shape index (κ2) is 8.98. The maximum absolute atomic E-state index is 12.7. The van der Waals surface area contributed by atoms with Gasteiger partial charge in [-0.2, -0.15) is 4.98 Å². The fourth-order valence-corrected chi connectivity index (χ4v) is 5.05. The van der Waals surface area contributed by atoms with Crippen LogP contribution in [0.3, 0.4) is 0 Å². The molecule has 0 radical (unpaired) electrons. The second-order valence-electron chi connectivity index (χ2n) is 9.25. The van der Waals surface area contributed by atoms with Crippen LogP contribution in [-0.2, 0) is 11.3 Å². The molecule has 188 valence electrons. The maximum atomic E-state index is 12.7. The third-order valence-corrected chi connectivity index (χ3v) is 7.09. The van der Waals surface area contributed by atoms with Crippen LogP contribution in [0.15, 0.2) is 41.3 Å². The number of likely N-dealkylation sites (tertiary alicyclic amines) is 1. The minimum Gasteiger partial charge on any atom is -0.495 e. The number of fused-ring (bicyclic) bond motifs is 2. The molecule has 11 nitrogen and oxygen atoms in total. The van der Waals surface area contributed by atoms with Gasteiger partial charge in [0.2, 0.25) is 0 Å². The molecule has 1 amide bonds. The highest BCUT2D eigenvalue weighted by Gasteiger charge is 2.48. The van der Waals surface area contributed by atoms with Crippen molar-refractivity contribution in [3.05, 3.63) is 46.9 Å². The van der Waals surface area contributed by atoms with E-state index in [-0.39, 0.29) is 5.56 Å². The van der Waals surface area contributed by atoms with Gasteiger partial charge >= 0.3 is 6.09 Å². The largest absolute Gasteiger partial charge is 0.495 e. The van der Waals surface area contributed by atoms with E-state index in [1.165, 1.54) is 0 Å². The quantitative estimate of drug-likeness (QED) is 0.528. The first-order valence-electron chi connectivity index (χ1n) is 12.1. The molecule has 0 atom stereocenters. The number of methoxy groups -OCH3 is 1. The molecule has 36 heavy (non-hydrogen) atoms. The number of pyridine rings is 3. The van der Waals surface area contributed by atoms with Crippen molar-refractivity contribution in [2.45, 2.75) is 25.0 Å². The summed E-state index contributed by atoms with van der Waals surface area (Å²) >= 11 is 0. The molecule has 0 aromatic carbocycles. The van der Waals surface area contributed by atoms with Crippen molar-refractivity contribution >= 4 is 22.9 Å². The molecule has 6 heterocycles. The van der Waals surface area contributed by atoms with E-state index in [0.29, 0.717) is 68.9 Å². The van der Waals surface area contributed by atoms with Gasteiger partial charge in [-0.15, -0.1) is 0 Å². The Kier molecular flexibility index (Phi) is 5.63. The molecule has 0 aliphatic carbocycles. The first kappa shape index (κ1) is 22.6. The van der Waals surface area contributed by atoms with Gasteiger partial charge in [-0.3, -0.25) is 14.7 Å². The van der Waals surface area contributed by atoms with Crippen molar-refractivity contribution in [2.24, 2.45) is 0 Å². The van der Waals surface area contributed by atoms with Crippen LogP contribution in [0.5, 0.6) is 17.4 Å². The number of aromatic nitrogens is 3. The highest BCUT2D eigenvalue weighted by molar-refractivity contribution is 5.89. The van der Waals surface area contributed by atoms with E-state index in [0.717, 1.165) is 24.1 Å². The number of piperidine rings is 1. The van der Waals surface area contributed by atoms with Gasteiger partial charge < -0.3 is 28.4 Å². The van der Waals surface area contributed by atoms with E-state index in [1.54, 1.807) is 47.0 Å². The molecule has 3 aliphatic rings. The number of amides is 1. The number of carbonyl (C=O) groups excluding carboxylic acids is 1. The van der Waals surface area contributed by atoms with Crippen LogP contribution in [-0.4, -0.2) is 77.6 Å². The fraction of sp³-hybridized carbons (Fsp3) is 0.440. The predicted octanol–water partition coefficient (Wildman–Crippen LogP) is 2.06. The standard InChI is InChI=1S/C25H27N5O6/c1-33-17-14-19-18(26-15-17)2-5-22(31)29(19)11-10-28-8-6-25(7-9-28)16-30(24(32)36-25)21-4-3-20-23(27-21)35-13-12-34-20/h2-5,14-15H,6-13,16H2,1H3. The van der Waals surface area contributed by atoms with Crippen LogP contribution in [0.25, 0.3) is 11.0 Å². The molecule has 2 fully saturated rings. The minimum atomic E-state index is -0.546. The molecule has 3 aromatic heterocycles. The Balaban J connectivity index is 1.11. The lowest BCUT2D eigenvalue weighted by Gasteiger charge is -2.37. The van der Waals surface area contributed by atoms with Crippen molar-refractivity contribution in [1.29, 1.82) is 0 Å². The third kappa shape index (κ3) is 4.09. The van der Waals surface area contributed by atoms with E-state index in [1.807, 2.05) is 6.07 Å². The Morgan fingerprint density at radius 1 is 1.06 bits per heavy atom. The average Bonchev–Trinajstić information content (AvgIpc) is 3.23. The smallest absolute Gasteiger partial charge is 0.416 e. The Bertz CT molecular complexity index is 1370. The van der Waals surface area contributed by atoms with Crippen molar-refractivity contribution in [3.8, 4) is 17.4 Å². The van der Waals surface area contributed by atoms with Gasteiger partial charge in [0.15, 0.2) is 5.75 Å². The summed E-state index contributed by atoms with van der Waals surface area (Å²) in [6.45, 7) is 4.12. The first-order valence-corrected chi connectivity index (χ1v) is 12.1. The molecule has 0 bridgehead atoms. The van der Waals surface area contributed by atoms with Crippen LogP contribution in [0.2, 0.25) is 0 Å². The number of hydrogen-bond donors (Lipinski definition) is 0. The summed E-state index contributed by atoms with van der Waals surface area (Å²) in [4.78, 5) is 38.1. The van der Waals surface area contributed by atoms with Crippen molar-refractivity contribution in [3.63, 3.8) is 0 Å². The maximum Gasteiger partial charge on any atom is 0.416 e. The topological polar surface area (TPSA) is 108 Å². The fourth-order valence-electron chi connectivity index (χ4n) is 5.05. The summed E-state index contributed by atoms with van der Waals surface area (Å²) in [6.07, 6.45) is 2.67. The van der Waals surface area contributed by atoms with Gasteiger partial charge in [-0.25, -0.2) is 4.79 Å². The van der Waals surface area contributed by atoms with Gasteiger partial charge in [0.1, 0.15) is 30.4 Å². The Morgan fingerprint density at radius 2 is 1.89 bits per heavy atom. The Labute approximate surface area is 207 Å². The molecule has 3 aromatic rings. The zero-order valence-electron chi connectivity index (χ0n) is 20.0. The number of ether oxygens (including phenoxy) is 4. The third-order valence-electron chi connectivity index (χ3n) is 7.09. The van der Waals surface area contributed by atoms with Crippen LogP contribution < -0.4 is 24.7 Å². The number of anilines is 1. The van der Waals surface area contributed by atoms with Crippen LogP contribution in [0.4, 0.5) is 10.6 Å². The van der Waals surface area contributed by atoms with Crippen LogP contribution in [0.1, 0.15) is 12.8 Å². The SMILES string of the molecule is COc1cnc2ccc(=O)n(CCN3CCC4(CC3)CN(c3ccc5c(n3)OCCO5)C(=O)O4)c2c1. The Morgan fingerprint density at radius 3 is 2.72 bits per heavy atom. The molecule has 6 rings (SSSR count). The molecule has 0 unspecified atom stereocenters. The normalized spacial score (nSPS) is 19.0. The zero-order chi connectivity index (χ0) is 24.7. The highest BCUT2D eigenvalue weighted by Crippen LogP contribution is 2.37. The highest BCUT2D eigenvalue weighted by atomic mass is 16.6. The number of rotatable bonds is 5. The molecule has 2 saturated heterocycles. The number of carbonyl (C=O) groups is 1. The summed E-state index contributed by atoms with van der Waals surface area (Å²) in [7, 11) is 1.58.